The molecule has 3 heterocycles. The number of carbonyl (C=O) groups excluding carboxylic acids is 1. The van der Waals surface area contributed by atoms with Crippen LogP contribution in [0.4, 0.5) is 0 Å². The number of nitriles is 1. The molecule has 0 saturated carbocycles. The van der Waals surface area contributed by atoms with Crippen LogP contribution in [0, 0.1) is 25.2 Å². The van der Waals surface area contributed by atoms with E-state index in [9.17, 15) is 10.1 Å². The van der Waals surface area contributed by atoms with Gasteiger partial charge in [-0.2, -0.15) is 5.26 Å². The smallest absolute Gasteiger partial charge is 0.233 e. The fourth-order valence-electron chi connectivity index (χ4n) is 2.97. The van der Waals surface area contributed by atoms with Gasteiger partial charge in [0.25, 0.3) is 0 Å². The summed E-state index contributed by atoms with van der Waals surface area (Å²) in [4.78, 5) is 24.4. The minimum absolute atomic E-state index is 0.105. The Morgan fingerprint density at radius 2 is 2.33 bits per heavy atom. The maximum Gasteiger partial charge on any atom is 0.233 e. The summed E-state index contributed by atoms with van der Waals surface area (Å²) in [6.07, 6.45) is 2.06. The fraction of sp³-hybridized carbons (Fsp3) is 0.412. The van der Waals surface area contributed by atoms with E-state index in [4.69, 9.17) is 0 Å². The average Bonchev–Trinajstić information content (AvgIpc) is 3.22. The Hall–Kier alpha value is -1.91. The molecule has 5 nitrogen and oxygen atoms in total. The lowest BCUT2D eigenvalue weighted by Gasteiger charge is -2.23. The van der Waals surface area contributed by atoms with Crippen LogP contribution >= 0.6 is 23.1 Å². The number of carbonyl (C=O) groups is 1. The summed E-state index contributed by atoms with van der Waals surface area (Å²) in [6, 6.07) is 6.47. The van der Waals surface area contributed by atoms with Gasteiger partial charge in [0.05, 0.1) is 17.5 Å². The van der Waals surface area contributed by atoms with Crippen LogP contribution < -0.4 is 0 Å². The van der Waals surface area contributed by atoms with E-state index in [1.807, 2.05) is 11.0 Å². The molecule has 124 valence electrons. The largest absolute Gasteiger partial charge is 0.334 e. The SMILES string of the molecule is Cc1nc(C)c(C#N)c(SCC(=O)N2CCCC2c2cccs2)n1. The molecular weight excluding hydrogens is 340 g/mol. The van der Waals surface area contributed by atoms with E-state index in [2.05, 4.69) is 27.5 Å². The Morgan fingerprint density at radius 3 is 3.04 bits per heavy atom. The van der Waals surface area contributed by atoms with Crippen LogP contribution in [0.25, 0.3) is 0 Å². The minimum atomic E-state index is 0.105. The van der Waals surface area contributed by atoms with Crippen molar-refractivity contribution in [1.82, 2.24) is 14.9 Å². The van der Waals surface area contributed by atoms with Gasteiger partial charge >= 0.3 is 0 Å². The zero-order valence-corrected chi connectivity index (χ0v) is 15.3. The number of hydrogen-bond donors (Lipinski definition) is 0. The summed E-state index contributed by atoms with van der Waals surface area (Å²) in [7, 11) is 0. The number of likely N-dealkylation sites (tertiary alicyclic amines) is 1. The number of nitrogens with zero attached hydrogens (tertiary/aromatic N) is 4. The first-order chi connectivity index (χ1) is 11.6. The molecule has 0 radical (unpaired) electrons. The molecule has 3 rings (SSSR count). The van der Waals surface area contributed by atoms with Gasteiger partial charge in [-0.15, -0.1) is 11.3 Å². The van der Waals surface area contributed by atoms with Crippen LogP contribution in [0.5, 0.6) is 0 Å². The highest BCUT2D eigenvalue weighted by Crippen LogP contribution is 2.35. The Kier molecular flexibility index (Phi) is 5.17. The van der Waals surface area contributed by atoms with Gasteiger partial charge in [0.15, 0.2) is 0 Å². The number of amides is 1. The van der Waals surface area contributed by atoms with Crippen molar-refractivity contribution in [3.05, 3.63) is 39.5 Å². The van der Waals surface area contributed by atoms with Crippen LogP contribution in [0.15, 0.2) is 22.5 Å². The number of hydrogen-bond acceptors (Lipinski definition) is 6. The Bertz CT molecular complexity index is 783. The van der Waals surface area contributed by atoms with Crippen LogP contribution in [0.2, 0.25) is 0 Å². The number of rotatable bonds is 4. The normalized spacial score (nSPS) is 17.0. The highest BCUT2D eigenvalue weighted by atomic mass is 32.2. The Balaban J connectivity index is 1.71. The summed E-state index contributed by atoms with van der Waals surface area (Å²) >= 11 is 3.03. The van der Waals surface area contributed by atoms with Gasteiger partial charge in [-0.1, -0.05) is 17.8 Å². The molecule has 0 aliphatic carbocycles. The van der Waals surface area contributed by atoms with Crippen LogP contribution in [0.3, 0.4) is 0 Å². The summed E-state index contributed by atoms with van der Waals surface area (Å²) in [5.41, 5.74) is 1.13. The second kappa shape index (κ2) is 7.32. The van der Waals surface area contributed by atoms with Crippen molar-refractivity contribution >= 4 is 29.0 Å². The number of thiophene rings is 1. The summed E-state index contributed by atoms with van der Waals surface area (Å²) in [5.74, 6) is 1.03. The molecule has 1 aliphatic rings. The molecule has 0 aromatic carbocycles. The zero-order chi connectivity index (χ0) is 17.1. The van der Waals surface area contributed by atoms with E-state index in [0.29, 0.717) is 27.9 Å². The van der Waals surface area contributed by atoms with Gasteiger partial charge in [-0.25, -0.2) is 9.97 Å². The first kappa shape index (κ1) is 16.9. The molecular formula is C17H18N4OS2. The second-order valence-electron chi connectivity index (χ2n) is 5.70. The van der Waals surface area contributed by atoms with Crippen molar-refractivity contribution in [2.45, 2.75) is 37.8 Å². The van der Waals surface area contributed by atoms with Crippen molar-refractivity contribution in [3.63, 3.8) is 0 Å². The first-order valence-corrected chi connectivity index (χ1v) is 9.67. The van der Waals surface area contributed by atoms with Crippen molar-refractivity contribution in [2.75, 3.05) is 12.3 Å². The number of thioether (sulfide) groups is 1. The summed E-state index contributed by atoms with van der Waals surface area (Å²) < 4.78 is 0. The number of aryl methyl sites for hydroxylation is 2. The molecule has 1 unspecified atom stereocenters. The standard InChI is InChI=1S/C17H18N4OS2/c1-11-13(9-18)17(20-12(2)19-11)24-10-16(22)21-7-3-5-14(21)15-6-4-8-23-15/h4,6,8,14H,3,5,7,10H2,1-2H3. The van der Waals surface area contributed by atoms with E-state index in [1.165, 1.54) is 16.6 Å². The molecule has 2 aromatic heterocycles. The second-order valence-corrected chi connectivity index (χ2v) is 7.64. The Labute approximate surface area is 149 Å². The van der Waals surface area contributed by atoms with Gasteiger partial charge in [0.1, 0.15) is 22.5 Å². The van der Waals surface area contributed by atoms with E-state index in [-0.39, 0.29) is 11.9 Å². The third-order valence-electron chi connectivity index (χ3n) is 4.06. The van der Waals surface area contributed by atoms with E-state index >= 15 is 0 Å². The predicted octanol–water partition coefficient (Wildman–Crippen LogP) is 3.48. The lowest BCUT2D eigenvalue weighted by atomic mass is 10.2. The molecule has 1 atom stereocenters. The van der Waals surface area contributed by atoms with Gasteiger partial charge in [0.2, 0.25) is 5.91 Å². The van der Waals surface area contributed by atoms with Crippen molar-refractivity contribution in [1.29, 1.82) is 5.26 Å². The highest BCUT2D eigenvalue weighted by molar-refractivity contribution is 8.00. The van der Waals surface area contributed by atoms with Gasteiger partial charge in [0, 0.05) is 11.4 Å². The molecule has 7 heteroatoms. The minimum Gasteiger partial charge on any atom is -0.334 e. The fourth-order valence-corrected chi connectivity index (χ4v) is 4.80. The van der Waals surface area contributed by atoms with Crippen LogP contribution in [-0.2, 0) is 4.79 Å². The molecule has 1 fully saturated rings. The maximum absolute atomic E-state index is 12.7. The number of aromatic nitrogens is 2. The van der Waals surface area contributed by atoms with Gasteiger partial charge in [-0.05, 0) is 38.1 Å². The Morgan fingerprint density at radius 1 is 1.50 bits per heavy atom. The lowest BCUT2D eigenvalue weighted by molar-refractivity contribution is -0.129. The van der Waals surface area contributed by atoms with Crippen molar-refractivity contribution in [3.8, 4) is 6.07 Å². The van der Waals surface area contributed by atoms with Gasteiger partial charge in [-0.3, -0.25) is 4.79 Å². The van der Waals surface area contributed by atoms with Crippen molar-refractivity contribution < 1.29 is 4.79 Å². The molecule has 0 N–H and O–H groups in total. The molecule has 1 saturated heterocycles. The highest BCUT2D eigenvalue weighted by Gasteiger charge is 2.30. The maximum atomic E-state index is 12.7. The molecule has 0 bridgehead atoms. The van der Waals surface area contributed by atoms with Crippen LogP contribution in [-0.4, -0.2) is 33.1 Å². The third kappa shape index (κ3) is 3.45. The summed E-state index contributed by atoms with van der Waals surface area (Å²) in [6.45, 7) is 4.40. The zero-order valence-electron chi connectivity index (χ0n) is 13.7. The summed E-state index contributed by atoms with van der Waals surface area (Å²) in [5, 5.41) is 11.9. The topological polar surface area (TPSA) is 69.9 Å². The van der Waals surface area contributed by atoms with Crippen LogP contribution in [0.1, 0.15) is 40.8 Å². The first-order valence-electron chi connectivity index (χ1n) is 7.81. The quantitative estimate of drug-likeness (QED) is 0.618. The van der Waals surface area contributed by atoms with Crippen molar-refractivity contribution in [2.24, 2.45) is 0 Å². The monoisotopic (exact) mass is 358 g/mol. The molecule has 1 amide bonds. The lowest BCUT2D eigenvalue weighted by Crippen LogP contribution is -2.31. The van der Waals surface area contributed by atoms with E-state index in [1.54, 1.807) is 25.2 Å². The van der Waals surface area contributed by atoms with E-state index in [0.717, 1.165) is 19.4 Å². The third-order valence-corrected chi connectivity index (χ3v) is 5.99. The predicted molar refractivity (Wildman–Crippen MR) is 95.0 cm³/mol. The van der Waals surface area contributed by atoms with E-state index < -0.39 is 0 Å². The molecule has 1 aliphatic heterocycles. The molecule has 0 spiro atoms. The van der Waals surface area contributed by atoms with Gasteiger partial charge < -0.3 is 4.90 Å². The molecule has 2 aromatic rings. The molecule has 24 heavy (non-hydrogen) atoms. The average molecular weight is 358 g/mol.